The molecule has 6 nitrogen and oxygen atoms in total. The maximum Gasteiger partial charge on any atom is 0.251 e. The van der Waals surface area contributed by atoms with Gasteiger partial charge in [0.05, 0.1) is 12.6 Å². The summed E-state index contributed by atoms with van der Waals surface area (Å²) in [6.07, 6.45) is -0.720. The van der Waals surface area contributed by atoms with Crippen LogP contribution in [0.2, 0.25) is 0 Å². The van der Waals surface area contributed by atoms with E-state index in [0.717, 1.165) is 11.1 Å². The van der Waals surface area contributed by atoms with Crippen molar-refractivity contribution in [1.29, 1.82) is 0 Å². The Labute approximate surface area is 130 Å². The van der Waals surface area contributed by atoms with Gasteiger partial charge in [-0.3, -0.25) is 9.59 Å². The van der Waals surface area contributed by atoms with Crippen molar-refractivity contribution in [2.75, 3.05) is 33.9 Å². The zero-order valence-corrected chi connectivity index (χ0v) is 13.2. The summed E-state index contributed by atoms with van der Waals surface area (Å²) in [6.45, 7) is 2.75. The van der Waals surface area contributed by atoms with Gasteiger partial charge in [-0.05, 0) is 12.5 Å². The van der Waals surface area contributed by atoms with Gasteiger partial charge in [0, 0.05) is 20.7 Å². The smallest absolute Gasteiger partial charge is 0.251 e. The molecule has 0 aromatic heterocycles. The summed E-state index contributed by atoms with van der Waals surface area (Å²) < 4.78 is 10.4. The fourth-order valence-electron chi connectivity index (χ4n) is 2.47. The Balaban J connectivity index is 2.20. The molecule has 0 aliphatic carbocycles. The minimum atomic E-state index is -0.720. The number of amides is 2. The molecular weight excluding hydrogens is 284 g/mol. The first-order chi connectivity index (χ1) is 10.5. The molecule has 1 aliphatic heterocycles. The molecule has 1 saturated heterocycles. The molecule has 2 atom stereocenters. The molecule has 2 rings (SSSR count). The van der Waals surface area contributed by atoms with Gasteiger partial charge < -0.3 is 19.7 Å². The minimum absolute atomic E-state index is 0.0821. The Bertz CT molecular complexity index is 529. The van der Waals surface area contributed by atoms with E-state index in [-0.39, 0.29) is 18.4 Å². The summed E-state index contributed by atoms with van der Waals surface area (Å²) in [5.41, 5.74) is 2.00. The second-order valence-corrected chi connectivity index (χ2v) is 5.38. The molecule has 1 aliphatic rings. The SMILES string of the molecule is COCCNC(=O)[C@@H]1OCC(=O)N(C)[C@H]1c1ccc(C)cc1. The van der Waals surface area contributed by atoms with Crippen molar-refractivity contribution in [1.82, 2.24) is 10.2 Å². The molecule has 0 bridgehead atoms. The molecule has 1 aromatic rings. The molecule has 0 unspecified atom stereocenters. The summed E-state index contributed by atoms with van der Waals surface area (Å²) in [4.78, 5) is 25.8. The molecule has 6 heteroatoms. The van der Waals surface area contributed by atoms with E-state index < -0.39 is 12.1 Å². The van der Waals surface area contributed by atoms with Crippen LogP contribution in [0, 0.1) is 6.92 Å². The Morgan fingerprint density at radius 1 is 1.41 bits per heavy atom. The zero-order chi connectivity index (χ0) is 16.1. The minimum Gasteiger partial charge on any atom is -0.383 e. The van der Waals surface area contributed by atoms with Gasteiger partial charge in [0.1, 0.15) is 6.61 Å². The van der Waals surface area contributed by atoms with Crippen LogP contribution >= 0.6 is 0 Å². The second-order valence-electron chi connectivity index (χ2n) is 5.38. The first kappa shape index (κ1) is 16.5. The van der Waals surface area contributed by atoms with Crippen LogP contribution in [-0.2, 0) is 19.1 Å². The summed E-state index contributed by atoms with van der Waals surface area (Å²) >= 11 is 0. The van der Waals surface area contributed by atoms with E-state index in [1.807, 2.05) is 31.2 Å². The van der Waals surface area contributed by atoms with Crippen LogP contribution in [0.3, 0.4) is 0 Å². The molecule has 0 spiro atoms. The fourth-order valence-corrected chi connectivity index (χ4v) is 2.47. The highest BCUT2D eigenvalue weighted by Gasteiger charge is 2.39. The number of ether oxygens (including phenoxy) is 2. The number of carbonyl (C=O) groups is 2. The highest BCUT2D eigenvalue weighted by Crippen LogP contribution is 2.29. The lowest BCUT2D eigenvalue weighted by molar-refractivity contribution is -0.162. The van der Waals surface area contributed by atoms with Gasteiger partial charge in [0.25, 0.3) is 5.91 Å². The van der Waals surface area contributed by atoms with Gasteiger partial charge in [-0.25, -0.2) is 0 Å². The number of nitrogens with one attached hydrogen (secondary N) is 1. The predicted molar refractivity (Wildman–Crippen MR) is 81.3 cm³/mol. The van der Waals surface area contributed by atoms with Gasteiger partial charge in [-0.2, -0.15) is 0 Å². The number of benzene rings is 1. The molecule has 1 fully saturated rings. The van der Waals surface area contributed by atoms with E-state index in [0.29, 0.717) is 13.2 Å². The average Bonchev–Trinajstić information content (AvgIpc) is 2.51. The van der Waals surface area contributed by atoms with E-state index in [4.69, 9.17) is 9.47 Å². The monoisotopic (exact) mass is 306 g/mol. The summed E-state index contributed by atoms with van der Waals surface area (Å²) in [5, 5.41) is 2.77. The van der Waals surface area contributed by atoms with Crippen molar-refractivity contribution in [3.63, 3.8) is 0 Å². The van der Waals surface area contributed by atoms with E-state index in [2.05, 4.69) is 5.32 Å². The maximum absolute atomic E-state index is 12.3. The average molecular weight is 306 g/mol. The number of aryl methyl sites for hydroxylation is 1. The van der Waals surface area contributed by atoms with Crippen molar-refractivity contribution >= 4 is 11.8 Å². The van der Waals surface area contributed by atoms with Crippen molar-refractivity contribution < 1.29 is 19.1 Å². The summed E-state index contributed by atoms with van der Waals surface area (Å²) in [6, 6.07) is 7.34. The van der Waals surface area contributed by atoms with Crippen LogP contribution in [0.15, 0.2) is 24.3 Å². The van der Waals surface area contributed by atoms with Crippen LogP contribution < -0.4 is 5.32 Å². The molecular formula is C16H22N2O4. The molecule has 1 aromatic carbocycles. The molecule has 0 saturated carbocycles. The Morgan fingerprint density at radius 2 is 2.09 bits per heavy atom. The van der Waals surface area contributed by atoms with E-state index in [1.165, 1.54) is 0 Å². The van der Waals surface area contributed by atoms with E-state index in [1.54, 1.807) is 19.1 Å². The number of methoxy groups -OCH3 is 1. The fraction of sp³-hybridized carbons (Fsp3) is 0.500. The van der Waals surface area contributed by atoms with Gasteiger partial charge in [-0.1, -0.05) is 29.8 Å². The lowest BCUT2D eigenvalue weighted by Crippen LogP contribution is -2.53. The van der Waals surface area contributed by atoms with E-state index in [9.17, 15) is 9.59 Å². The zero-order valence-electron chi connectivity index (χ0n) is 13.2. The number of hydrogen-bond donors (Lipinski definition) is 1. The normalized spacial score (nSPS) is 21.8. The number of hydrogen-bond acceptors (Lipinski definition) is 4. The number of nitrogens with zero attached hydrogens (tertiary/aromatic N) is 1. The van der Waals surface area contributed by atoms with Crippen LogP contribution in [0.4, 0.5) is 0 Å². The quantitative estimate of drug-likeness (QED) is 0.811. The number of morpholine rings is 1. The Kier molecular flexibility index (Phi) is 5.51. The van der Waals surface area contributed by atoms with Crippen LogP contribution in [0.25, 0.3) is 0 Å². The van der Waals surface area contributed by atoms with Gasteiger partial charge >= 0.3 is 0 Å². The van der Waals surface area contributed by atoms with Gasteiger partial charge in [0.15, 0.2) is 6.10 Å². The van der Waals surface area contributed by atoms with Crippen LogP contribution in [0.5, 0.6) is 0 Å². The summed E-state index contributed by atoms with van der Waals surface area (Å²) in [7, 11) is 3.27. The molecule has 0 radical (unpaired) electrons. The highest BCUT2D eigenvalue weighted by atomic mass is 16.5. The number of likely N-dealkylation sites (N-methyl/N-ethyl adjacent to an activating group) is 1. The second kappa shape index (κ2) is 7.38. The van der Waals surface area contributed by atoms with Gasteiger partial charge in [0.2, 0.25) is 5.91 Å². The Morgan fingerprint density at radius 3 is 2.73 bits per heavy atom. The lowest BCUT2D eigenvalue weighted by Gasteiger charge is -2.38. The van der Waals surface area contributed by atoms with Crippen LogP contribution in [-0.4, -0.2) is 56.7 Å². The molecule has 1 heterocycles. The first-order valence-electron chi connectivity index (χ1n) is 7.25. The largest absolute Gasteiger partial charge is 0.383 e. The van der Waals surface area contributed by atoms with Crippen molar-refractivity contribution in [3.8, 4) is 0 Å². The molecule has 2 amide bonds. The molecule has 1 N–H and O–H groups in total. The predicted octanol–water partition coefficient (Wildman–Crippen LogP) is 0.656. The molecule has 22 heavy (non-hydrogen) atoms. The molecule has 120 valence electrons. The first-order valence-corrected chi connectivity index (χ1v) is 7.25. The maximum atomic E-state index is 12.3. The van der Waals surface area contributed by atoms with Crippen molar-refractivity contribution in [2.45, 2.75) is 19.1 Å². The van der Waals surface area contributed by atoms with Gasteiger partial charge in [-0.15, -0.1) is 0 Å². The third-order valence-corrected chi connectivity index (χ3v) is 3.77. The third kappa shape index (κ3) is 3.64. The summed E-state index contributed by atoms with van der Waals surface area (Å²) in [5.74, 6) is -0.367. The van der Waals surface area contributed by atoms with Crippen LogP contribution in [0.1, 0.15) is 17.2 Å². The number of rotatable bonds is 5. The standard InChI is InChI=1S/C16H22N2O4/c1-11-4-6-12(7-5-11)14-15(16(20)17-8-9-21-3)22-10-13(19)18(14)2/h4-7,14-15H,8-10H2,1-3H3,(H,17,20)/t14-,15+/m0/s1. The lowest BCUT2D eigenvalue weighted by atomic mass is 9.97. The third-order valence-electron chi connectivity index (χ3n) is 3.77. The van der Waals surface area contributed by atoms with Crippen molar-refractivity contribution in [3.05, 3.63) is 35.4 Å². The van der Waals surface area contributed by atoms with E-state index >= 15 is 0 Å². The van der Waals surface area contributed by atoms with Crippen molar-refractivity contribution in [2.24, 2.45) is 0 Å². The number of carbonyl (C=O) groups excluding carboxylic acids is 2. The Hall–Kier alpha value is -1.92. The topological polar surface area (TPSA) is 67.9 Å². The highest BCUT2D eigenvalue weighted by molar-refractivity contribution is 5.86.